The molecule has 11 rings (SSSR count). The number of benzene rings is 10. The van der Waals surface area contributed by atoms with Gasteiger partial charge in [0.15, 0.2) is 0 Å². The van der Waals surface area contributed by atoms with E-state index in [1.165, 1.54) is 71.2 Å². The van der Waals surface area contributed by atoms with E-state index in [1.807, 2.05) is 0 Å². The van der Waals surface area contributed by atoms with Gasteiger partial charge in [-0.1, -0.05) is 170 Å². The summed E-state index contributed by atoms with van der Waals surface area (Å²) in [6.07, 6.45) is 0. The van der Waals surface area contributed by atoms with Gasteiger partial charge in [-0.25, -0.2) is 0 Å². The summed E-state index contributed by atoms with van der Waals surface area (Å²) in [6, 6.07) is 83.7. The summed E-state index contributed by atoms with van der Waals surface area (Å²) in [7, 11) is 0. The van der Waals surface area contributed by atoms with Crippen molar-refractivity contribution in [3.8, 4) is 39.1 Å². The fourth-order valence-corrected chi connectivity index (χ4v) is 8.90. The van der Waals surface area contributed by atoms with Gasteiger partial charge in [0.2, 0.25) is 0 Å². The highest BCUT2D eigenvalue weighted by Crippen LogP contribution is 2.44. The van der Waals surface area contributed by atoms with Crippen molar-refractivity contribution in [3.63, 3.8) is 0 Å². The second-order valence-electron chi connectivity index (χ2n) is 14.9. The highest BCUT2D eigenvalue weighted by Gasteiger charge is 2.20. The Balaban J connectivity index is 1.07. The van der Waals surface area contributed by atoms with Crippen LogP contribution < -0.4 is 4.90 Å². The van der Waals surface area contributed by atoms with Crippen LogP contribution in [0.2, 0.25) is 0 Å². The van der Waals surface area contributed by atoms with Crippen molar-refractivity contribution in [2.75, 3.05) is 4.90 Å². The first-order valence-electron chi connectivity index (χ1n) is 19.9. The number of aromatic nitrogens is 1. The molecular formula is C56H38N2. The standard InChI is InChI=1S/C56H38N2/c1-3-16-39(17-4-1)50-26-9-11-29-53(50)57(47-34-35-49-44(38-47)33-32-40-18-7-8-25-48(40)49)46-24-14-20-42(37-46)41-19-13-21-43(36-41)51-28-15-31-55-56(51)52-27-10-12-30-54(52)58(55)45-22-5-2-6-23-45/h1-38H. The van der Waals surface area contributed by atoms with E-state index in [2.05, 4.69) is 240 Å². The van der Waals surface area contributed by atoms with Gasteiger partial charge in [0.1, 0.15) is 0 Å². The molecule has 0 amide bonds. The number of hydrogen-bond acceptors (Lipinski definition) is 1. The van der Waals surface area contributed by atoms with Gasteiger partial charge in [0, 0.05) is 33.4 Å². The topological polar surface area (TPSA) is 8.17 Å². The third kappa shape index (κ3) is 5.74. The van der Waals surface area contributed by atoms with Crippen molar-refractivity contribution in [1.82, 2.24) is 4.57 Å². The Labute approximate surface area is 338 Å². The highest BCUT2D eigenvalue weighted by atomic mass is 15.1. The maximum absolute atomic E-state index is 2.42. The van der Waals surface area contributed by atoms with Crippen molar-refractivity contribution in [3.05, 3.63) is 231 Å². The zero-order chi connectivity index (χ0) is 38.4. The summed E-state index contributed by atoms with van der Waals surface area (Å²) >= 11 is 0. The summed E-state index contributed by atoms with van der Waals surface area (Å²) in [5, 5.41) is 7.50. The Morgan fingerprint density at radius 3 is 1.78 bits per heavy atom. The molecule has 0 fully saturated rings. The zero-order valence-corrected chi connectivity index (χ0v) is 31.8. The monoisotopic (exact) mass is 738 g/mol. The number of anilines is 3. The molecule has 0 saturated carbocycles. The SMILES string of the molecule is c1ccc(-c2ccccc2N(c2cccc(-c3cccc(-c4cccc5c4c4ccccc4n5-c4ccccc4)c3)c2)c2ccc3c(ccc4ccccc43)c2)cc1. The molecule has 1 aromatic heterocycles. The van der Waals surface area contributed by atoms with E-state index in [-0.39, 0.29) is 0 Å². The summed E-state index contributed by atoms with van der Waals surface area (Å²) in [5.41, 5.74) is 14.0. The molecule has 0 aliphatic heterocycles. The van der Waals surface area contributed by atoms with E-state index < -0.39 is 0 Å². The summed E-state index contributed by atoms with van der Waals surface area (Å²) in [5.74, 6) is 0. The molecule has 58 heavy (non-hydrogen) atoms. The Hall–Kier alpha value is -7.68. The van der Waals surface area contributed by atoms with Crippen LogP contribution in [0.25, 0.3) is 82.4 Å². The second-order valence-corrected chi connectivity index (χ2v) is 14.9. The molecule has 0 saturated heterocycles. The summed E-state index contributed by atoms with van der Waals surface area (Å²) in [6.45, 7) is 0. The molecule has 2 nitrogen and oxygen atoms in total. The van der Waals surface area contributed by atoms with Crippen molar-refractivity contribution in [1.29, 1.82) is 0 Å². The van der Waals surface area contributed by atoms with Gasteiger partial charge >= 0.3 is 0 Å². The average molecular weight is 739 g/mol. The van der Waals surface area contributed by atoms with Crippen molar-refractivity contribution in [2.24, 2.45) is 0 Å². The third-order valence-electron chi connectivity index (χ3n) is 11.5. The average Bonchev–Trinajstić information content (AvgIpc) is 3.64. The molecule has 10 aromatic carbocycles. The molecule has 2 heteroatoms. The first kappa shape index (κ1) is 33.6. The normalized spacial score (nSPS) is 11.4. The Morgan fingerprint density at radius 2 is 0.897 bits per heavy atom. The third-order valence-corrected chi connectivity index (χ3v) is 11.5. The van der Waals surface area contributed by atoms with Gasteiger partial charge in [0.05, 0.1) is 16.7 Å². The Morgan fingerprint density at radius 1 is 0.310 bits per heavy atom. The van der Waals surface area contributed by atoms with Gasteiger partial charge in [-0.3, -0.25) is 0 Å². The van der Waals surface area contributed by atoms with Crippen molar-refractivity contribution < 1.29 is 0 Å². The molecule has 1 heterocycles. The number of nitrogens with zero attached hydrogens (tertiary/aromatic N) is 2. The van der Waals surface area contributed by atoms with Gasteiger partial charge in [0.25, 0.3) is 0 Å². The first-order chi connectivity index (χ1) is 28.8. The van der Waals surface area contributed by atoms with Crippen molar-refractivity contribution >= 4 is 60.4 Å². The lowest BCUT2D eigenvalue weighted by atomic mass is 9.95. The predicted molar refractivity (Wildman–Crippen MR) is 247 cm³/mol. The van der Waals surface area contributed by atoms with Crippen LogP contribution in [-0.2, 0) is 0 Å². The molecule has 0 unspecified atom stereocenters. The molecule has 0 radical (unpaired) electrons. The molecule has 0 atom stereocenters. The van der Waals surface area contributed by atoms with E-state index in [0.29, 0.717) is 0 Å². The number of rotatable bonds is 7. The lowest BCUT2D eigenvalue weighted by Gasteiger charge is -2.28. The lowest BCUT2D eigenvalue weighted by molar-refractivity contribution is 1.18. The quantitative estimate of drug-likeness (QED) is 0.148. The van der Waals surface area contributed by atoms with Crippen LogP contribution in [0.15, 0.2) is 231 Å². The van der Waals surface area contributed by atoms with Gasteiger partial charge in [-0.05, 0) is 110 Å². The predicted octanol–water partition coefficient (Wildman–Crippen LogP) is 15.6. The fraction of sp³-hybridized carbons (Fsp3) is 0. The van der Waals surface area contributed by atoms with Crippen LogP contribution >= 0.6 is 0 Å². The van der Waals surface area contributed by atoms with Crippen LogP contribution in [0.3, 0.4) is 0 Å². The summed E-state index contributed by atoms with van der Waals surface area (Å²) < 4.78 is 2.39. The highest BCUT2D eigenvalue weighted by molar-refractivity contribution is 6.16. The van der Waals surface area contributed by atoms with Crippen LogP contribution in [0.1, 0.15) is 0 Å². The first-order valence-corrected chi connectivity index (χ1v) is 19.9. The van der Waals surface area contributed by atoms with Gasteiger partial charge in [-0.15, -0.1) is 0 Å². The maximum Gasteiger partial charge on any atom is 0.0547 e. The fourth-order valence-electron chi connectivity index (χ4n) is 8.90. The molecule has 0 aliphatic rings. The van der Waals surface area contributed by atoms with Crippen LogP contribution in [0, 0.1) is 0 Å². The minimum atomic E-state index is 1.10. The summed E-state index contributed by atoms with van der Waals surface area (Å²) in [4.78, 5) is 2.42. The molecule has 0 bridgehead atoms. The smallest absolute Gasteiger partial charge is 0.0547 e. The molecule has 0 aliphatic carbocycles. The van der Waals surface area contributed by atoms with Crippen LogP contribution in [-0.4, -0.2) is 4.57 Å². The van der Waals surface area contributed by atoms with Crippen LogP contribution in [0.4, 0.5) is 17.1 Å². The maximum atomic E-state index is 2.42. The molecule has 11 aromatic rings. The van der Waals surface area contributed by atoms with E-state index in [9.17, 15) is 0 Å². The van der Waals surface area contributed by atoms with E-state index in [4.69, 9.17) is 0 Å². The Bertz CT molecular complexity index is 3290. The Kier molecular flexibility index (Phi) is 8.19. The molecule has 0 spiro atoms. The van der Waals surface area contributed by atoms with Gasteiger partial charge in [-0.2, -0.15) is 0 Å². The molecular weight excluding hydrogens is 701 g/mol. The largest absolute Gasteiger partial charge is 0.310 e. The van der Waals surface area contributed by atoms with Crippen molar-refractivity contribution in [2.45, 2.75) is 0 Å². The van der Waals surface area contributed by atoms with E-state index in [0.717, 1.165) is 28.3 Å². The molecule has 0 N–H and O–H groups in total. The van der Waals surface area contributed by atoms with Crippen LogP contribution in [0.5, 0.6) is 0 Å². The number of fused-ring (bicyclic) bond motifs is 6. The number of para-hydroxylation sites is 3. The molecule has 272 valence electrons. The van der Waals surface area contributed by atoms with Gasteiger partial charge < -0.3 is 9.47 Å². The second kappa shape index (κ2) is 14.1. The zero-order valence-electron chi connectivity index (χ0n) is 31.8. The van der Waals surface area contributed by atoms with E-state index >= 15 is 0 Å². The number of hydrogen-bond donors (Lipinski definition) is 0. The lowest BCUT2D eigenvalue weighted by Crippen LogP contribution is -2.11. The van der Waals surface area contributed by atoms with E-state index in [1.54, 1.807) is 0 Å². The minimum absolute atomic E-state index is 1.10. The minimum Gasteiger partial charge on any atom is -0.310 e.